The summed E-state index contributed by atoms with van der Waals surface area (Å²) in [6, 6.07) is 10.9. The Kier molecular flexibility index (Phi) is 4.32. The Morgan fingerprint density at radius 1 is 1.17 bits per heavy atom. The predicted octanol–water partition coefficient (Wildman–Crippen LogP) is 2.22. The molecule has 1 aromatic carbocycles. The topological polar surface area (TPSA) is 83.4 Å². The summed E-state index contributed by atoms with van der Waals surface area (Å²) in [4.78, 5) is 33.6. The molecule has 1 heterocycles. The average Bonchev–Trinajstić information content (AvgIpc) is 2.52. The standard InChI is InChI=1S/C17H17N3O3/c21-15(22)11-20(13-7-4-8-13)17(23)14-9-10-18-16(19-14)12-5-2-1-3-6-12/h1-3,5-6,9-10,13H,4,7-8,11H2,(H,21,22). The van der Waals surface area contributed by atoms with Crippen molar-refractivity contribution in [3.63, 3.8) is 0 Å². The Hall–Kier alpha value is -2.76. The maximum Gasteiger partial charge on any atom is 0.323 e. The van der Waals surface area contributed by atoms with Crippen LogP contribution >= 0.6 is 0 Å². The lowest BCUT2D eigenvalue weighted by Crippen LogP contribution is -2.47. The fourth-order valence-corrected chi connectivity index (χ4v) is 2.56. The molecular weight excluding hydrogens is 294 g/mol. The average molecular weight is 311 g/mol. The van der Waals surface area contributed by atoms with Crippen LogP contribution in [0.25, 0.3) is 11.4 Å². The summed E-state index contributed by atoms with van der Waals surface area (Å²) < 4.78 is 0. The lowest BCUT2D eigenvalue weighted by atomic mass is 9.91. The molecule has 1 amide bonds. The quantitative estimate of drug-likeness (QED) is 0.915. The van der Waals surface area contributed by atoms with Gasteiger partial charge in [0.25, 0.3) is 5.91 Å². The van der Waals surface area contributed by atoms with Crippen molar-refractivity contribution < 1.29 is 14.7 Å². The molecule has 1 fully saturated rings. The lowest BCUT2D eigenvalue weighted by molar-refractivity contribution is -0.138. The van der Waals surface area contributed by atoms with E-state index < -0.39 is 5.97 Å². The van der Waals surface area contributed by atoms with Crippen LogP contribution in [0.3, 0.4) is 0 Å². The van der Waals surface area contributed by atoms with Crippen molar-refractivity contribution in [2.45, 2.75) is 25.3 Å². The Morgan fingerprint density at radius 3 is 2.52 bits per heavy atom. The van der Waals surface area contributed by atoms with Gasteiger partial charge < -0.3 is 10.0 Å². The highest BCUT2D eigenvalue weighted by molar-refractivity contribution is 5.94. The van der Waals surface area contributed by atoms with Crippen molar-refractivity contribution in [3.8, 4) is 11.4 Å². The summed E-state index contributed by atoms with van der Waals surface area (Å²) in [5, 5.41) is 9.05. The normalized spacial score (nSPS) is 14.1. The number of carboxylic acid groups (broad SMARTS) is 1. The molecule has 0 radical (unpaired) electrons. The van der Waals surface area contributed by atoms with E-state index in [-0.39, 0.29) is 24.2 Å². The first-order chi connectivity index (χ1) is 11.1. The van der Waals surface area contributed by atoms with Crippen LogP contribution in [0, 0.1) is 0 Å². The first-order valence-corrected chi connectivity index (χ1v) is 7.56. The maximum absolute atomic E-state index is 12.7. The zero-order valence-corrected chi connectivity index (χ0v) is 12.6. The van der Waals surface area contributed by atoms with Gasteiger partial charge in [0.2, 0.25) is 0 Å². The number of nitrogens with zero attached hydrogens (tertiary/aromatic N) is 3. The number of carbonyl (C=O) groups is 2. The minimum Gasteiger partial charge on any atom is -0.480 e. The molecule has 1 aliphatic carbocycles. The Bertz CT molecular complexity index is 714. The second kappa shape index (κ2) is 6.56. The van der Waals surface area contributed by atoms with Gasteiger partial charge in [0, 0.05) is 17.8 Å². The van der Waals surface area contributed by atoms with Crippen molar-refractivity contribution >= 4 is 11.9 Å². The molecular formula is C17H17N3O3. The van der Waals surface area contributed by atoms with Gasteiger partial charge >= 0.3 is 5.97 Å². The Labute approximate surface area is 133 Å². The number of hydrogen-bond donors (Lipinski definition) is 1. The summed E-state index contributed by atoms with van der Waals surface area (Å²) >= 11 is 0. The first kappa shape index (κ1) is 15.1. The van der Waals surface area contributed by atoms with Gasteiger partial charge in [0.1, 0.15) is 12.2 Å². The third-order valence-electron chi connectivity index (χ3n) is 3.99. The SMILES string of the molecule is O=C(O)CN(C(=O)c1ccnc(-c2ccccc2)n1)C1CCC1. The number of carboxylic acids is 1. The fraction of sp³-hybridized carbons (Fsp3) is 0.294. The van der Waals surface area contributed by atoms with E-state index >= 15 is 0 Å². The van der Waals surface area contributed by atoms with Crippen molar-refractivity contribution in [1.82, 2.24) is 14.9 Å². The van der Waals surface area contributed by atoms with Crippen LogP contribution in [0.5, 0.6) is 0 Å². The van der Waals surface area contributed by atoms with Crippen LogP contribution in [0.1, 0.15) is 29.8 Å². The molecule has 6 nitrogen and oxygen atoms in total. The van der Waals surface area contributed by atoms with Crippen LogP contribution in [-0.4, -0.2) is 44.4 Å². The highest BCUT2D eigenvalue weighted by Gasteiger charge is 2.31. The monoisotopic (exact) mass is 311 g/mol. The van der Waals surface area contributed by atoms with Crippen LogP contribution in [-0.2, 0) is 4.79 Å². The van der Waals surface area contributed by atoms with Gasteiger partial charge in [-0.2, -0.15) is 0 Å². The van der Waals surface area contributed by atoms with Gasteiger partial charge in [-0.3, -0.25) is 9.59 Å². The van der Waals surface area contributed by atoms with E-state index in [1.165, 1.54) is 17.2 Å². The largest absolute Gasteiger partial charge is 0.480 e. The third-order valence-corrected chi connectivity index (χ3v) is 3.99. The molecule has 23 heavy (non-hydrogen) atoms. The molecule has 0 spiro atoms. The second-order valence-corrected chi connectivity index (χ2v) is 5.54. The second-order valence-electron chi connectivity index (χ2n) is 5.54. The van der Waals surface area contributed by atoms with Crippen LogP contribution in [0.4, 0.5) is 0 Å². The zero-order chi connectivity index (χ0) is 16.2. The maximum atomic E-state index is 12.7. The number of benzene rings is 1. The zero-order valence-electron chi connectivity index (χ0n) is 12.6. The summed E-state index contributed by atoms with van der Waals surface area (Å²) in [7, 11) is 0. The number of rotatable bonds is 5. The van der Waals surface area contributed by atoms with E-state index in [1.807, 2.05) is 30.3 Å². The first-order valence-electron chi connectivity index (χ1n) is 7.56. The number of carbonyl (C=O) groups excluding carboxylic acids is 1. The summed E-state index contributed by atoms with van der Waals surface area (Å²) in [6.45, 7) is -0.297. The number of hydrogen-bond acceptors (Lipinski definition) is 4. The third kappa shape index (κ3) is 3.36. The Morgan fingerprint density at radius 2 is 1.91 bits per heavy atom. The molecule has 1 saturated carbocycles. The summed E-state index contributed by atoms with van der Waals surface area (Å²) in [6.07, 6.45) is 4.24. The molecule has 1 N–H and O–H groups in total. The number of amides is 1. The van der Waals surface area contributed by atoms with Gasteiger partial charge in [-0.05, 0) is 25.3 Å². The lowest BCUT2D eigenvalue weighted by Gasteiger charge is -2.36. The van der Waals surface area contributed by atoms with E-state index in [1.54, 1.807) is 0 Å². The van der Waals surface area contributed by atoms with Gasteiger partial charge in [0.15, 0.2) is 5.82 Å². The molecule has 1 aromatic heterocycles. The summed E-state index contributed by atoms with van der Waals surface area (Å²) in [5.74, 6) is -0.903. The van der Waals surface area contributed by atoms with Gasteiger partial charge in [-0.25, -0.2) is 9.97 Å². The molecule has 6 heteroatoms. The molecule has 0 unspecified atom stereocenters. The molecule has 0 saturated heterocycles. The molecule has 0 atom stereocenters. The molecule has 118 valence electrons. The molecule has 0 aliphatic heterocycles. The smallest absolute Gasteiger partial charge is 0.323 e. The highest BCUT2D eigenvalue weighted by Crippen LogP contribution is 2.26. The van der Waals surface area contributed by atoms with E-state index in [0.29, 0.717) is 5.82 Å². The van der Waals surface area contributed by atoms with E-state index in [2.05, 4.69) is 9.97 Å². The number of aromatic nitrogens is 2. The molecule has 0 bridgehead atoms. The van der Waals surface area contributed by atoms with E-state index in [9.17, 15) is 9.59 Å². The van der Waals surface area contributed by atoms with Gasteiger partial charge in [-0.15, -0.1) is 0 Å². The van der Waals surface area contributed by atoms with Crippen molar-refractivity contribution in [2.24, 2.45) is 0 Å². The molecule has 2 aromatic rings. The van der Waals surface area contributed by atoms with Crippen LogP contribution < -0.4 is 0 Å². The minimum absolute atomic E-state index is 0.00580. The van der Waals surface area contributed by atoms with Crippen molar-refractivity contribution in [1.29, 1.82) is 0 Å². The van der Waals surface area contributed by atoms with E-state index in [4.69, 9.17) is 5.11 Å². The highest BCUT2D eigenvalue weighted by atomic mass is 16.4. The van der Waals surface area contributed by atoms with E-state index in [0.717, 1.165) is 24.8 Å². The predicted molar refractivity (Wildman–Crippen MR) is 83.8 cm³/mol. The minimum atomic E-state index is -1.01. The summed E-state index contributed by atoms with van der Waals surface area (Å²) in [5.41, 5.74) is 1.04. The van der Waals surface area contributed by atoms with Gasteiger partial charge in [-0.1, -0.05) is 30.3 Å². The van der Waals surface area contributed by atoms with Crippen molar-refractivity contribution in [3.05, 3.63) is 48.3 Å². The molecule has 1 aliphatic rings. The van der Waals surface area contributed by atoms with Crippen LogP contribution in [0.2, 0.25) is 0 Å². The fourth-order valence-electron chi connectivity index (χ4n) is 2.56. The van der Waals surface area contributed by atoms with Crippen LogP contribution in [0.15, 0.2) is 42.6 Å². The Balaban J connectivity index is 1.87. The number of aliphatic carboxylic acids is 1. The van der Waals surface area contributed by atoms with Crippen molar-refractivity contribution in [2.75, 3.05) is 6.54 Å². The van der Waals surface area contributed by atoms with Gasteiger partial charge in [0.05, 0.1) is 0 Å². The molecule has 3 rings (SSSR count).